The van der Waals surface area contributed by atoms with Gasteiger partial charge in [0.2, 0.25) is 0 Å². The van der Waals surface area contributed by atoms with Crippen LogP contribution < -0.4 is 14.2 Å². The second-order valence-electron chi connectivity index (χ2n) is 5.56. The molecule has 0 radical (unpaired) electrons. The topological polar surface area (TPSA) is 86.4 Å². The van der Waals surface area contributed by atoms with Gasteiger partial charge in [-0.1, -0.05) is 0 Å². The third-order valence-corrected chi connectivity index (χ3v) is 4.36. The van der Waals surface area contributed by atoms with E-state index in [1.54, 1.807) is 49.2 Å². The van der Waals surface area contributed by atoms with Crippen LogP contribution in [0.4, 0.5) is 0 Å². The van der Waals surface area contributed by atoms with Gasteiger partial charge in [0.1, 0.15) is 5.75 Å². The summed E-state index contributed by atoms with van der Waals surface area (Å²) in [6, 6.07) is 13.9. The standard InChI is InChI=1S/C20H16BrN3O4/c1-3-27-18-11-13(12-22)10-16(21)19(18)28-20(25)17-8-9-24(23-17)14-4-6-15(26-2)7-5-14/h4-11H,3H2,1-2H3. The number of benzene rings is 2. The van der Waals surface area contributed by atoms with Crippen LogP contribution in [0.2, 0.25) is 0 Å². The van der Waals surface area contributed by atoms with Crippen LogP contribution >= 0.6 is 15.9 Å². The minimum absolute atomic E-state index is 0.134. The van der Waals surface area contributed by atoms with Gasteiger partial charge >= 0.3 is 5.97 Å². The maximum Gasteiger partial charge on any atom is 0.364 e. The van der Waals surface area contributed by atoms with Crippen molar-refractivity contribution in [1.82, 2.24) is 9.78 Å². The first-order chi connectivity index (χ1) is 13.5. The Kier molecular flexibility index (Phi) is 5.96. The predicted octanol–water partition coefficient (Wildman–Crippen LogP) is 4.13. The Morgan fingerprint density at radius 1 is 1.25 bits per heavy atom. The van der Waals surface area contributed by atoms with Crippen molar-refractivity contribution in [1.29, 1.82) is 5.26 Å². The van der Waals surface area contributed by atoms with Crippen LogP contribution in [0.3, 0.4) is 0 Å². The third-order valence-electron chi connectivity index (χ3n) is 3.77. The van der Waals surface area contributed by atoms with Crippen molar-refractivity contribution in [3.8, 4) is 29.0 Å². The molecule has 8 heteroatoms. The average molecular weight is 442 g/mol. The van der Waals surface area contributed by atoms with Gasteiger partial charge in [-0.05, 0) is 59.3 Å². The lowest BCUT2D eigenvalue weighted by Gasteiger charge is -2.12. The van der Waals surface area contributed by atoms with Gasteiger partial charge in [0.25, 0.3) is 0 Å². The normalized spacial score (nSPS) is 10.2. The van der Waals surface area contributed by atoms with Crippen LogP contribution in [0.25, 0.3) is 5.69 Å². The van der Waals surface area contributed by atoms with Crippen LogP contribution in [0, 0.1) is 11.3 Å². The Morgan fingerprint density at radius 2 is 2.00 bits per heavy atom. The lowest BCUT2D eigenvalue weighted by Crippen LogP contribution is -2.12. The highest BCUT2D eigenvalue weighted by molar-refractivity contribution is 9.10. The summed E-state index contributed by atoms with van der Waals surface area (Å²) in [6.07, 6.45) is 1.66. The van der Waals surface area contributed by atoms with Crippen LogP contribution in [0.1, 0.15) is 23.0 Å². The number of hydrogen-bond acceptors (Lipinski definition) is 6. The lowest BCUT2D eigenvalue weighted by atomic mass is 10.2. The molecule has 28 heavy (non-hydrogen) atoms. The van der Waals surface area contributed by atoms with Crippen molar-refractivity contribution in [3.05, 3.63) is 64.4 Å². The van der Waals surface area contributed by atoms with Gasteiger partial charge in [-0.3, -0.25) is 0 Å². The molecule has 3 aromatic rings. The van der Waals surface area contributed by atoms with Gasteiger partial charge in [0.15, 0.2) is 17.2 Å². The number of ether oxygens (including phenoxy) is 3. The molecule has 0 unspecified atom stereocenters. The smallest absolute Gasteiger partial charge is 0.364 e. The summed E-state index contributed by atoms with van der Waals surface area (Å²) in [4.78, 5) is 12.6. The molecule has 1 aromatic heterocycles. The second kappa shape index (κ2) is 8.59. The number of esters is 1. The number of carbonyl (C=O) groups is 1. The van der Waals surface area contributed by atoms with Crippen molar-refractivity contribution in [3.63, 3.8) is 0 Å². The van der Waals surface area contributed by atoms with Crippen LogP contribution in [-0.4, -0.2) is 29.5 Å². The Labute approximate surface area is 170 Å². The van der Waals surface area contributed by atoms with E-state index in [-0.39, 0.29) is 11.4 Å². The molecule has 0 N–H and O–H groups in total. The first kappa shape index (κ1) is 19.5. The van der Waals surface area contributed by atoms with Gasteiger partial charge in [-0.2, -0.15) is 10.4 Å². The molecule has 0 aliphatic carbocycles. The van der Waals surface area contributed by atoms with E-state index in [1.807, 2.05) is 18.2 Å². The fourth-order valence-electron chi connectivity index (χ4n) is 2.45. The highest BCUT2D eigenvalue weighted by Gasteiger charge is 2.19. The number of aromatic nitrogens is 2. The SMILES string of the molecule is CCOc1cc(C#N)cc(Br)c1OC(=O)c1ccn(-c2ccc(OC)cc2)n1. The number of nitrogens with zero attached hydrogens (tertiary/aromatic N) is 3. The summed E-state index contributed by atoms with van der Waals surface area (Å²) in [5.74, 6) is 0.587. The van der Waals surface area contributed by atoms with Gasteiger partial charge in [0, 0.05) is 12.3 Å². The van der Waals surface area contributed by atoms with E-state index in [4.69, 9.17) is 19.5 Å². The summed E-state index contributed by atoms with van der Waals surface area (Å²) in [6.45, 7) is 2.16. The predicted molar refractivity (Wildman–Crippen MR) is 105 cm³/mol. The zero-order valence-corrected chi connectivity index (χ0v) is 16.8. The molecule has 3 rings (SSSR count). The molecule has 0 aliphatic heterocycles. The molecule has 0 saturated carbocycles. The molecule has 0 amide bonds. The van der Waals surface area contributed by atoms with E-state index < -0.39 is 5.97 Å². The van der Waals surface area contributed by atoms with Crippen LogP contribution in [0.15, 0.2) is 53.1 Å². The Balaban J connectivity index is 1.84. The van der Waals surface area contributed by atoms with E-state index in [0.717, 1.165) is 11.4 Å². The maximum absolute atomic E-state index is 12.6. The van der Waals surface area contributed by atoms with Crippen LogP contribution in [0.5, 0.6) is 17.2 Å². The summed E-state index contributed by atoms with van der Waals surface area (Å²) < 4.78 is 18.1. The van der Waals surface area contributed by atoms with E-state index in [1.165, 1.54) is 6.07 Å². The zero-order valence-electron chi connectivity index (χ0n) is 15.2. The summed E-state index contributed by atoms with van der Waals surface area (Å²) in [5, 5.41) is 13.4. The third kappa shape index (κ3) is 4.15. The van der Waals surface area contributed by atoms with Gasteiger partial charge < -0.3 is 14.2 Å². The summed E-state index contributed by atoms with van der Waals surface area (Å²) in [5.41, 5.74) is 1.29. The lowest BCUT2D eigenvalue weighted by molar-refractivity contribution is 0.0720. The minimum atomic E-state index is -0.640. The number of rotatable bonds is 6. The molecule has 142 valence electrons. The van der Waals surface area contributed by atoms with Gasteiger partial charge in [0.05, 0.1) is 35.5 Å². The van der Waals surface area contributed by atoms with E-state index in [9.17, 15) is 4.79 Å². The number of methoxy groups -OCH3 is 1. The average Bonchev–Trinajstić information content (AvgIpc) is 3.20. The van der Waals surface area contributed by atoms with E-state index >= 15 is 0 Å². The molecule has 0 aliphatic rings. The molecule has 0 spiro atoms. The van der Waals surface area contributed by atoms with Crippen molar-refractivity contribution in [2.75, 3.05) is 13.7 Å². The number of carbonyl (C=O) groups excluding carboxylic acids is 1. The number of hydrogen-bond donors (Lipinski definition) is 0. The Bertz CT molecular complexity index is 1040. The van der Waals surface area contributed by atoms with Crippen molar-refractivity contribution >= 4 is 21.9 Å². The van der Waals surface area contributed by atoms with Crippen LogP contribution in [-0.2, 0) is 0 Å². The largest absolute Gasteiger partial charge is 0.497 e. The molecular formula is C20H16BrN3O4. The zero-order chi connectivity index (χ0) is 20.1. The fraction of sp³-hybridized carbons (Fsp3) is 0.150. The molecule has 0 atom stereocenters. The molecule has 7 nitrogen and oxygen atoms in total. The summed E-state index contributed by atoms with van der Waals surface area (Å²) >= 11 is 3.32. The van der Waals surface area contributed by atoms with E-state index in [2.05, 4.69) is 21.0 Å². The quantitative estimate of drug-likeness (QED) is 0.422. The number of halogens is 1. The monoisotopic (exact) mass is 441 g/mol. The number of nitriles is 1. The van der Waals surface area contributed by atoms with Gasteiger partial charge in [-0.15, -0.1) is 0 Å². The first-order valence-electron chi connectivity index (χ1n) is 8.34. The van der Waals surface area contributed by atoms with Gasteiger partial charge in [-0.25, -0.2) is 9.48 Å². The molecular weight excluding hydrogens is 426 g/mol. The molecule has 2 aromatic carbocycles. The fourth-order valence-corrected chi connectivity index (χ4v) is 2.97. The molecule has 1 heterocycles. The van der Waals surface area contributed by atoms with Crippen molar-refractivity contribution in [2.45, 2.75) is 6.92 Å². The van der Waals surface area contributed by atoms with Crippen molar-refractivity contribution < 1.29 is 19.0 Å². The molecule has 0 bridgehead atoms. The minimum Gasteiger partial charge on any atom is -0.497 e. The highest BCUT2D eigenvalue weighted by Crippen LogP contribution is 2.37. The second-order valence-corrected chi connectivity index (χ2v) is 6.42. The molecule has 0 fully saturated rings. The Morgan fingerprint density at radius 3 is 2.64 bits per heavy atom. The maximum atomic E-state index is 12.6. The Hall–Kier alpha value is -3.31. The molecule has 0 saturated heterocycles. The first-order valence-corrected chi connectivity index (χ1v) is 9.13. The van der Waals surface area contributed by atoms with Crippen molar-refractivity contribution in [2.24, 2.45) is 0 Å². The summed E-state index contributed by atoms with van der Waals surface area (Å²) in [7, 11) is 1.59. The van der Waals surface area contributed by atoms with E-state index in [0.29, 0.717) is 22.4 Å². The highest BCUT2D eigenvalue weighted by atomic mass is 79.9.